The molecule has 0 unspecified atom stereocenters. The largest absolute Gasteiger partial charge is 1.00 e. The summed E-state index contributed by atoms with van der Waals surface area (Å²) in [6, 6.07) is 10.0. The van der Waals surface area contributed by atoms with Gasteiger partial charge in [0, 0.05) is 31.5 Å². The molecule has 1 amide bonds. The molecule has 1 aromatic heterocycles. The molecule has 0 bridgehead atoms. The molecule has 1 aromatic carbocycles. The Bertz CT molecular complexity index is 752. The Kier molecular flexibility index (Phi) is 9.74. The van der Waals surface area contributed by atoms with Crippen molar-refractivity contribution in [2.24, 2.45) is 0 Å². The van der Waals surface area contributed by atoms with Crippen molar-refractivity contribution in [1.82, 2.24) is 15.6 Å². The minimum atomic E-state index is -0.0730. The maximum atomic E-state index is 12.1. The first-order chi connectivity index (χ1) is 13.7. The number of rotatable bonds is 9. The summed E-state index contributed by atoms with van der Waals surface area (Å²) in [5, 5.41) is 6.45. The van der Waals surface area contributed by atoms with Crippen LogP contribution >= 0.6 is 0 Å². The predicted octanol–water partition coefficient (Wildman–Crippen LogP) is 0.212. The Morgan fingerprint density at radius 1 is 1.10 bits per heavy atom. The highest BCUT2D eigenvalue weighted by Gasteiger charge is 2.16. The van der Waals surface area contributed by atoms with Crippen molar-refractivity contribution in [3.8, 4) is 11.5 Å². The molecule has 3 rings (SSSR count). The smallest absolute Gasteiger partial charge is 0.258 e. The highest BCUT2D eigenvalue weighted by atomic mass is 35.5. The van der Waals surface area contributed by atoms with Crippen LogP contribution in [0.15, 0.2) is 42.7 Å². The number of carbonyl (C=O) groups excluding carboxylic acids is 1. The maximum Gasteiger partial charge on any atom is 0.258 e. The number of methoxy groups -OCH3 is 1. The van der Waals surface area contributed by atoms with E-state index in [0.717, 1.165) is 30.5 Å². The Labute approximate surface area is 178 Å². The lowest BCUT2D eigenvalue weighted by Crippen LogP contribution is -3.00. The summed E-state index contributed by atoms with van der Waals surface area (Å²) >= 11 is 0. The number of ether oxygens (including phenoxy) is 2. The molecule has 1 aliphatic rings. The van der Waals surface area contributed by atoms with Gasteiger partial charge in [-0.15, -0.1) is 0 Å². The average molecular weight is 419 g/mol. The molecule has 0 aliphatic heterocycles. The molecular formula is C22H29ClN3O3-. The van der Waals surface area contributed by atoms with Gasteiger partial charge in [0.2, 0.25) is 0 Å². The third kappa shape index (κ3) is 7.55. The number of nitrogens with zero attached hydrogens (tertiary/aromatic N) is 1. The summed E-state index contributed by atoms with van der Waals surface area (Å²) in [6.45, 7) is 1.45. The monoisotopic (exact) mass is 418 g/mol. The lowest BCUT2D eigenvalue weighted by atomic mass is 9.95. The molecule has 7 heteroatoms. The molecule has 0 atom stereocenters. The normalized spacial score (nSPS) is 14.0. The third-order valence-corrected chi connectivity index (χ3v) is 4.94. The number of hydrogen-bond donors (Lipinski definition) is 2. The quantitative estimate of drug-likeness (QED) is 0.609. The molecule has 158 valence electrons. The van der Waals surface area contributed by atoms with Crippen LogP contribution in [0.1, 0.15) is 43.2 Å². The van der Waals surface area contributed by atoms with Gasteiger partial charge in [-0.25, -0.2) is 0 Å². The summed E-state index contributed by atoms with van der Waals surface area (Å²) in [4.78, 5) is 16.2. The summed E-state index contributed by atoms with van der Waals surface area (Å²) in [5.74, 6) is 1.14. The SMILES string of the molecule is COc1cc(CNCc2cccnc2)ccc1OCC(=O)NC1CCCCC1.[Cl-]. The van der Waals surface area contributed by atoms with Crippen molar-refractivity contribution in [3.63, 3.8) is 0 Å². The summed E-state index contributed by atoms with van der Waals surface area (Å²) in [6.07, 6.45) is 9.40. The van der Waals surface area contributed by atoms with E-state index in [0.29, 0.717) is 24.1 Å². The van der Waals surface area contributed by atoms with E-state index in [1.807, 2.05) is 36.5 Å². The Morgan fingerprint density at radius 2 is 1.90 bits per heavy atom. The first kappa shape index (κ1) is 23.0. The van der Waals surface area contributed by atoms with E-state index in [2.05, 4.69) is 15.6 Å². The zero-order valence-corrected chi connectivity index (χ0v) is 17.6. The van der Waals surface area contributed by atoms with Crippen LogP contribution in [-0.4, -0.2) is 30.6 Å². The summed E-state index contributed by atoms with van der Waals surface area (Å²) < 4.78 is 11.1. The third-order valence-electron chi connectivity index (χ3n) is 4.94. The van der Waals surface area contributed by atoms with Gasteiger partial charge in [-0.1, -0.05) is 31.4 Å². The molecule has 0 saturated heterocycles. The minimum absolute atomic E-state index is 0. The molecule has 2 aromatic rings. The van der Waals surface area contributed by atoms with Gasteiger partial charge >= 0.3 is 0 Å². The molecule has 1 aliphatic carbocycles. The van der Waals surface area contributed by atoms with E-state index in [1.165, 1.54) is 19.3 Å². The lowest BCUT2D eigenvalue weighted by Gasteiger charge is -2.22. The van der Waals surface area contributed by atoms with Crippen LogP contribution in [0.3, 0.4) is 0 Å². The second kappa shape index (κ2) is 12.3. The first-order valence-corrected chi connectivity index (χ1v) is 9.93. The summed E-state index contributed by atoms with van der Waals surface area (Å²) in [5.41, 5.74) is 2.22. The number of aromatic nitrogens is 1. The minimum Gasteiger partial charge on any atom is -1.00 e. The van der Waals surface area contributed by atoms with E-state index < -0.39 is 0 Å². The van der Waals surface area contributed by atoms with E-state index in [4.69, 9.17) is 9.47 Å². The molecule has 1 heterocycles. The number of nitrogens with one attached hydrogen (secondary N) is 2. The highest BCUT2D eigenvalue weighted by molar-refractivity contribution is 5.78. The molecule has 0 spiro atoms. The van der Waals surface area contributed by atoms with E-state index in [9.17, 15) is 4.79 Å². The van der Waals surface area contributed by atoms with Crippen molar-refractivity contribution in [2.75, 3.05) is 13.7 Å². The highest BCUT2D eigenvalue weighted by Crippen LogP contribution is 2.28. The molecular weight excluding hydrogens is 390 g/mol. The number of amides is 1. The molecule has 1 saturated carbocycles. The van der Waals surface area contributed by atoms with E-state index in [-0.39, 0.29) is 24.9 Å². The van der Waals surface area contributed by atoms with E-state index >= 15 is 0 Å². The van der Waals surface area contributed by atoms with E-state index in [1.54, 1.807) is 13.3 Å². The molecule has 0 radical (unpaired) electrons. The van der Waals surface area contributed by atoms with Crippen LogP contribution < -0.4 is 32.5 Å². The van der Waals surface area contributed by atoms with Crippen molar-refractivity contribution < 1.29 is 26.7 Å². The Morgan fingerprint density at radius 3 is 2.62 bits per heavy atom. The van der Waals surface area contributed by atoms with Crippen LogP contribution in [0.25, 0.3) is 0 Å². The van der Waals surface area contributed by atoms with Gasteiger partial charge < -0.3 is 32.5 Å². The van der Waals surface area contributed by atoms with Gasteiger partial charge in [0.05, 0.1) is 7.11 Å². The summed E-state index contributed by atoms with van der Waals surface area (Å²) in [7, 11) is 1.61. The zero-order valence-electron chi connectivity index (χ0n) is 16.8. The lowest BCUT2D eigenvalue weighted by molar-refractivity contribution is -0.124. The van der Waals surface area contributed by atoms with Gasteiger partial charge in [-0.2, -0.15) is 0 Å². The van der Waals surface area contributed by atoms with Crippen LogP contribution in [0, 0.1) is 0 Å². The fourth-order valence-corrected chi connectivity index (χ4v) is 3.45. The van der Waals surface area contributed by atoms with Crippen LogP contribution in [0.4, 0.5) is 0 Å². The molecule has 29 heavy (non-hydrogen) atoms. The zero-order chi connectivity index (χ0) is 19.6. The van der Waals surface area contributed by atoms with Gasteiger partial charge in [0.25, 0.3) is 5.91 Å². The number of pyridine rings is 1. The molecule has 1 fully saturated rings. The van der Waals surface area contributed by atoms with Crippen LogP contribution in [0.5, 0.6) is 11.5 Å². The Hall–Kier alpha value is -2.31. The van der Waals surface area contributed by atoms with Crippen molar-refractivity contribution in [1.29, 1.82) is 0 Å². The number of carbonyl (C=O) groups is 1. The van der Waals surface area contributed by atoms with Crippen LogP contribution in [0.2, 0.25) is 0 Å². The maximum absolute atomic E-state index is 12.1. The number of benzene rings is 1. The molecule has 6 nitrogen and oxygen atoms in total. The molecule has 2 N–H and O–H groups in total. The second-order valence-corrected chi connectivity index (χ2v) is 7.14. The standard InChI is InChI=1S/C22H29N3O3.ClH/c1-27-21-12-17(13-24-15-18-6-5-11-23-14-18)9-10-20(21)28-16-22(26)25-19-7-3-2-4-8-19;/h5-6,9-12,14,19,24H,2-4,7-8,13,15-16H2,1H3,(H,25,26);1H/p-1. The van der Waals surface area contributed by atoms with Crippen molar-refractivity contribution >= 4 is 5.91 Å². The number of hydrogen-bond acceptors (Lipinski definition) is 5. The van der Waals surface area contributed by atoms with Gasteiger partial charge in [-0.3, -0.25) is 9.78 Å². The van der Waals surface area contributed by atoms with Gasteiger partial charge in [-0.05, 0) is 42.2 Å². The van der Waals surface area contributed by atoms with Crippen molar-refractivity contribution in [3.05, 3.63) is 53.9 Å². The van der Waals surface area contributed by atoms with Gasteiger partial charge in [0.1, 0.15) is 0 Å². The van der Waals surface area contributed by atoms with Gasteiger partial charge in [0.15, 0.2) is 18.1 Å². The fraction of sp³-hybridized carbons (Fsp3) is 0.455. The predicted molar refractivity (Wildman–Crippen MR) is 108 cm³/mol. The Balaban J connectivity index is 0.00000300. The topological polar surface area (TPSA) is 72.5 Å². The fourth-order valence-electron chi connectivity index (χ4n) is 3.45. The average Bonchev–Trinajstić information content (AvgIpc) is 2.74. The van der Waals surface area contributed by atoms with Crippen LogP contribution in [-0.2, 0) is 17.9 Å². The first-order valence-electron chi connectivity index (χ1n) is 9.93. The van der Waals surface area contributed by atoms with Crippen molar-refractivity contribution in [2.45, 2.75) is 51.2 Å². The second-order valence-electron chi connectivity index (χ2n) is 7.14. The number of halogens is 1.